The minimum atomic E-state index is 0.119. The zero-order valence-corrected chi connectivity index (χ0v) is 20.0. The lowest BCUT2D eigenvalue weighted by Crippen LogP contribution is -2.11. The van der Waals surface area contributed by atoms with E-state index in [1.54, 1.807) is 14.2 Å². The van der Waals surface area contributed by atoms with Gasteiger partial charge in [-0.05, 0) is 36.8 Å². The zero-order valence-electron chi connectivity index (χ0n) is 20.0. The number of amidine groups is 2. The van der Waals surface area contributed by atoms with Gasteiger partial charge in [0.05, 0.1) is 24.3 Å². The first-order chi connectivity index (χ1) is 16.6. The fraction of sp³-hybridized carbons (Fsp3) is 0.462. The third-order valence-corrected chi connectivity index (χ3v) is 5.90. The van der Waals surface area contributed by atoms with Crippen molar-refractivity contribution in [1.82, 2.24) is 0 Å². The summed E-state index contributed by atoms with van der Waals surface area (Å²) in [5, 5.41) is 0. The van der Waals surface area contributed by atoms with Crippen LogP contribution in [-0.4, -0.2) is 51.6 Å². The molecule has 0 amide bonds. The van der Waals surface area contributed by atoms with Gasteiger partial charge in [0.25, 0.3) is 12.0 Å². The predicted molar refractivity (Wildman–Crippen MR) is 134 cm³/mol. The minimum Gasteiger partial charge on any atom is -0.463 e. The largest absolute Gasteiger partial charge is 0.463 e. The number of ether oxygens (including phenoxy) is 4. The van der Waals surface area contributed by atoms with Crippen LogP contribution < -0.4 is 11.5 Å². The van der Waals surface area contributed by atoms with Crippen LogP contribution in [0, 0.1) is 0 Å². The Balaban J connectivity index is 0.000000191. The fourth-order valence-electron chi connectivity index (χ4n) is 4.03. The highest BCUT2D eigenvalue weighted by atomic mass is 16.5. The molecule has 4 N–H and O–H groups in total. The molecule has 0 bridgehead atoms. The van der Waals surface area contributed by atoms with E-state index < -0.39 is 0 Å². The van der Waals surface area contributed by atoms with E-state index in [9.17, 15) is 0 Å². The van der Waals surface area contributed by atoms with Crippen molar-refractivity contribution in [3.05, 3.63) is 71.8 Å². The highest BCUT2D eigenvalue weighted by Gasteiger charge is 2.20. The molecule has 2 heterocycles. The number of rotatable bonds is 10. The van der Waals surface area contributed by atoms with Crippen LogP contribution in [0.3, 0.4) is 0 Å². The first kappa shape index (κ1) is 25.5. The SMILES string of the molecule is CO[C@@H](CC[C@H]1COC(N)=N1)c1ccccc1.CO[C@H](CC[C@H]1COC(N)=N1)c1ccccc1. The Morgan fingerprint density at radius 1 is 0.735 bits per heavy atom. The molecule has 0 aliphatic carbocycles. The highest BCUT2D eigenvalue weighted by Crippen LogP contribution is 2.25. The Bertz CT molecular complexity index is 832. The van der Waals surface area contributed by atoms with Gasteiger partial charge in [-0.25, -0.2) is 9.98 Å². The van der Waals surface area contributed by atoms with Gasteiger partial charge in [0.15, 0.2) is 0 Å². The smallest absolute Gasteiger partial charge is 0.282 e. The lowest BCUT2D eigenvalue weighted by molar-refractivity contribution is 0.0910. The predicted octanol–water partition coefficient (Wildman–Crippen LogP) is 3.74. The molecule has 0 aromatic heterocycles. The molecule has 0 saturated heterocycles. The molecule has 2 aromatic rings. The molecular weight excluding hydrogens is 432 g/mol. The van der Waals surface area contributed by atoms with Gasteiger partial charge in [0, 0.05) is 14.2 Å². The van der Waals surface area contributed by atoms with Crippen molar-refractivity contribution < 1.29 is 18.9 Å². The number of benzene rings is 2. The average Bonchev–Trinajstić information content (AvgIpc) is 3.49. The molecule has 4 rings (SSSR count). The maximum Gasteiger partial charge on any atom is 0.282 e. The summed E-state index contributed by atoms with van der Waals surface area (Å²) < 4.78 is 21.3. The molecule has 0 saturated carbocycles. The molecule has 184 valence electrons. The lowest BCUT2D eigenvalue weighted by Gasteiger charge is -2.16. The average molecular weight is 469 g/mol. The normalized spacial score (nSPS) is 20.8. The Labute approximate surface area is 202 Å². The van der Waals surface area contributed by atoms with E-state index in [2.05, 4.69) is 34.3 Å². The molecule has 0 fully saturated rings. The van der Waals surface area contributed by atoms with E-state index in [1.807, 2.05) is 36.4 Å². The van der Waals surface area contributed by atoms with Crippen molar-refractivity contribution in [3.8, 4) is 0 Å². The van der Waals surface area contributed by atoms with E-state index in [-0.39, 0.29) is 24.3 Å². The Kier molecular flexibility index (Phi) is 10.2. The van der Waals surface area contributed by atoms with Gasteiger partial charge >= 0.3 is 0 Å². The Morgan fingerprint density at radius 2 is 1.12 bits per heavy atom. The van der Waals surface area contributed by atoms with Crippen molar-refractivity contribution in [3.63, 3.8) is 0 Å². The molecule has 4 atom stereocenters. The van der Waals surface area contributed by atoms with E-state index in [0.717, 1.165) is 25.7 Å². The first-order valence-corrected chi connectivity index (χ1v) is 11.7. The minimum absolute atomic E-state index is 0.119. The zero-order chi connectivity index (χ0) is 24.2. The van der Waals surface area contributed by atoms with Crippen molar-refractivity contribution in [2.75, 3.05) is 27.4 Å². The molecule has 8 nitrogen and oxygen atoms in total. The van der Waals surface area contributed by atoms with E-state index in [1.165, 1.54) is 11.1 Å². The molecule has 34 heavy (non-hydrogen) atoms. The van der Waals surface area contributed by atoms with E-state index in [4.69, 9.17) is 30.4 Å². The molecule has 2 aliphatic rings. The number of hydrogen-bond acceptors (Lipinski definition) is 8. The van der Waals surface area contributed by atoms with Crippen LogP contribution in [0.25, 0.3) is 0 Å². The lowest BCUT2D eigenvalue weighted by atomic mass is 10.0. The maximum atomic E-state index is 5.50. The van der Waals surface area contributed by atoms with Crippen LogP contribution in [0.4, 0.5) is 0 Å². The molecule has 2 aliphatic heterocycles. The number of hydrogen-bond donors (Lipinski definition) is 2. The van der Waals surface area contributed by atoms with Gasteiger partial charge in [0.2, 0.25) is 0 Å². The topological polar surface area (TPSA) is 114 Å². The van der Waals surface area contributed by atoms with Gasteiger partial charge in [-0.1, -0.05) is 60.7 Å². The fourth-order valence-corrected chi connectivity index (χ4v) is 4.03. The van der Waals surface area contributed by atoms with Crippen LogP contribution in [0.5, 0.6) is 0 Å². The van der Waals surface area contributed by atoms with Crippen LogP contribution in [0.15, 0.2) is 70.6 Å². The van der Waals surface area contributed by atoms with E-state index >= 15 is 0 Å². The summed E-state index contributed by atoms with van der Waals surface area (Å²) in [4.78, 5) is 8.41. The maximum absolute atomic E-state index is 5.50. The first-order valence-electron chi connectivity index (χ1n) is 11.7. The summed E-state index contributed by atoms with van der Waals surface area (Å²) in [6.07, 6.45) is 3.93. The molecule has 8 heteroatoms. The number of nitrogens with zero attached hydrogens (tertiary/aromatic N) is 2. The monoisotopic (exact) mass is 468 g/mol. The second kappa shape index (κ2) is 13.6. The van der Waals surface area contributed by atoms with Crippen molar-refractivity contribution in [2.45, 2.75) is 50.0 Å². The van der Waals surface area contributed by atoms with Crippen LogP contribution in [0.1, 0.15) is 49.0 Å². The van der Waals surface area contributed by atoms with Gasteiger partial charge in [-0.3, -0.25) is 0 Å². The molecule has 2 aromatic carbocycles. The standard InChI is InChI=1S/2C13H18N2O2/c2*1-16-12(10-5-3-2-4-6-10)8-7-11-9-17-13(14)15-11/h2*2-6,11-12H,7-9H2,1H3,(H2,14,15)/t11-,12+;11-,12-/m00/s1. The van der Waals surface area contributed by atoms with Gasteiger partial charge in [-0.2, -0.15) is 0 Å². The number of nitrogens with two attached hydrogens (primary N) is 2. The molecule has 0 spiro atoms. The number of methoxy groups -OCH3 is 2. The van der Waals surface area contributed by atoms with Gasteiger partial charge in [0.1, 0.15) is 13.2 Å². The van der Waals surface area contributed by atoms with Gasteiger partial charge in [-0.15, -0.1) is 0 Å². The van der Waals surface area contributed by atoms with Crippen LogP contribution in [-0.2, 0) is 18.9 Å². The van der Waals surface area contributed by atoms with Crippen molar-refractivity contribution in [2.24, 2.45) is 21.5 Å². The quantitative estimate of drug-likeness (QED) is 0.549. The summed E-state index contributed by atoms with van der Waals surface area (Å²) in [6.45, 7) is 1.19. The molecule has 0 unspecified atom stereocenters. The molecule has 0 radical (unpaired) electrons. The summed E-state index contributed by atoms with van der Waals surface area (Å²) in [7, 11) is 3.47. The van der Waals surface area contributed by atoms with Gasteiger partial charge < -0.3 is 30.4 Å². The third kappa shape index (κ3) is 8.04. The number of aliphatic imine (C=N–C) groups is 2. The van der Waals surface area contributed by atoms with Crippen LogP contribution in [0.2, 0.25) is 0 Å². The summed E-state index contributed by atoms with van der Waals surface area (Å²) >= 11 is 0. The molecular formula is C26H36N4O4. The third-order valence-electron chi connectivity index (χ3n) is 5.90. The summed E-state index contributed by atoms with van der Waals surface area (Å²) in [6, 6.07) is 21.4. The van der Waals surface area contributed by atoms with E-state index in [0.29, 0.717) is 25.3 Å². The van der Waals surface area contributed by atoms with Crippen molar-refractivity contribution in [1.29, 1.82) is 0 Å². The second-order valence-electron chi connectivity index (χ2n) is 8.29. The van der Waals surface area contributed by atoms with Crippen molar-refractivity contribution >= 4 is 12.0 Å². The highest BCUT2D eigenvalue weighted by molar-refractivity contribution is 5.73. The Hall–Kier alpha value is -3.10. The van der Waals surface area contributed by atoms with Crippen LogP contribution >= 0.6 is 0 Å². The second-order valence-corrected chi connectivity index (χ2v) is 8.29. The summed E-state index contributed by atoms with van der Waals surface area (Å²) in [5.41, 5.74) is 13.3. The Morgan fingerprint density at radius 3 is 1.41 bits per heavy atom. The summed E-state index contributed by atoms with van der Waals surface area (Å²) in [5.74, 6) is 0.